The van der Waals surface area contributed by atoms with E-state index in [0.717, 1.165) is 31.6 Å². The fourth-order valence-electron chi connectivity index (χ4n) is 4.42. The summed E-state index contributed by atoms with van der Waals surface area (Å²) in [4.78, 5) is 22.5. The number of cyclic esters (lactones) is 1. The molecule has 0 fully saturated rings. The van der Waals surface area contributed by atoms with Gasteiger partial charge in [0.05, 0.1) is 6.10 Å². The van der Waals surface area contributed by atoms with Crippen molar-refractivity contribution in [2.45, 2.75) is 91.5 Å². The lowest BCUT2D eigenvalue weighted by molar-refractivity contribution is -0.151. The molecule has 0 amide bonds. The second kappa shape index (κ2) is 10.9. The van der Waals surface area contributed by atoms with Gasteiger partial charge in [-0.15, -0.1) is 0 Å². The lowest BCUT2D eigenvalue weighted by Gasteiger charge is -2.35. The Bertz CT molecular complexity index is 766. The largest absolute Gasteiger partial charge is 0.429 e. The van der Waals surface area contributed by atoms with Crippen LogP contribution in [0.15, 0.2) is 46.1 Å². The summed E-state index contributed by atoms with van der Waals surface area (Å²) in [5, 5.41) is 19.7. The predicted molar refractivity (Wildman–Crippen MR) is 118 cm³/mol. The van der Waals surface area contributed by atoms with Gasteiger partial charge in [-0.05, 0) is 76.2 Å². The maximum absolute atomic E-state index is 11.4. The first-order chi connectivity index (χ1) is 14.1. The Labute approximate surface area is 180 Å². The Morgan fingerprint density at radius 2 is 2.07 bits per heavy atom. The summed E-state index contributed by atoms with van der Waals surface area (Å²) in [6.45, 7) is 9.11. The van der Waals surface area contributed by atoms with Crippen LogP contribution in [0.4, 0.5) is 0 Å². The molecule has 0 saturated heterocycles. The number of ether oxygens (including phenoxy) is 1. The lowest BCUT2D eigenvalue weighted by atomic mass is 9.71. The Balaban J connectivity index is 1.83. The molecule has 5 heteroatoms. The van der Waals surface area contributed by atoms with Crippen molar-refractivity contribution in [1.82, 2.24) is 0 Å². The van der Waals surface area contributed by atoms with Gasteiger partial charge < -0.3 is 14.9 Å². The van der Waals surface area contributed by atoms with Crippen LogP contribution >= 0.6 is 0 Å². The highest BCUT2D eigenvalue weighted by Gasteiger charge is 2.29. The van der Waals surface area contributed by atoms with Gasteiger partial charge in [0.15, 0.2) is 0 Å². The standard InChI is InChI=1S/C25H36O5/c1-17(10-12-21-18(2)8-6-14-25(21,3)4)7-5-9-19(16-26)11-13-22(27)20-15-23(28)30-24(20)29/h7,11,15-16,22,24,27,29H,5-6,8-10,12-14H2,1-4H3/b17-7+,19-11+. The van der Waals surface area contributed by atoms with Crippen molar-refractivity contribution < 1.29 is 24.5 Å². The van der Waals surface area contributed by atoms with Crippen molar-refractivity contribution in [3.05, 3.63) is 46.1 Å². The molecule has 5 nitrogen and oxygen atoms in total. The van der Waals surface area contributed by atoms with Crippen LogP contribution in [0.25, 0.3) is 0 Å². The van der Waals surface area contributed by atoms with Gasteiger partial charge in [0, 0.05) is 11.6 Å². The van der Waals surface area contributed by atoms with Crippen molar-refractivity contribution in [2.75, 3.05) is 0 Å². The maximum Gasteiger partial charge on any atom is 0.333 e. The van der Waals surface area contributed by atoms with E-state index >= 15 is 0 Å². The van der Waals surface area contributed by atoms with Crippen molar-refractivity contribution in [1.29, 1.82) is 0 Å². The minimum absolute atomic E-state index is 0.132. The average molecular weight is 417 g/mol. The molecule has 0 spiro atoms. The van der Waals surface area contributed by atoms with Crippen LogP contribution in [0.5, 0.6) is 0 Å². The molecule has 0 saturated carbocycles. The molecule has 2 N–H and O–H groups in total. The molecule has 0 radical (unpaired) electrons. The number of carbonyl (C=O) groups excluding carboxylic acids is 2. The number of esters is 1. The fraction of sp³-hybridized carbons (Fsp3) is 0.600. The Hall–Kier alpha value is -1.98. The first kappa shape index (κ1) is 24.3. The van der Waals surface area contributed by atoms with Crippen LogP contribution in [0.1, 0.15) is 79.1 Å². The highest BCUT2D eigenvalue weighted by molar-refractivity contribution is 5.85. The average Bonchev–Trinajstić information content (AvgIpc) is 3.01. The number of hydrogen-bond acceptors (Lipinski definition) is 5. The van der Waals surface area contributed by atoms with Gasteiger partial charge in [0.25, 0.3) is 0 Å². The number of carbonyl (C=O) groups is 2. The predicted octanol–water partition coefficient (Wildman–Crippen LogP) is 4.70. The molecule has 0 aromatic rings. The SMILES string of the molecule is CC1=C(CC/C(C)=C/CC/C(C=O)=C\CC(O)C2=CC(=O)OC2O)C(C)(C)CCC1. The van der Waals surface area contributed by atoms with E-state index in [1.165, 1.54) is 24.8 Å². The lowest BCUT2D eigenvalue weighted by Crippen LogP contribution is -2.20. The zero-order valence-electron chi connectivity index (χ0n) is 18.7. The van der Waals surface area contributed by atoms with E-state index in [4.69, 9.17) is 0 Å². The Kier molecular flexibility index (Phi) is 8.80. The van der Waals surface area contributed by atoms with Gasteiger partial charge in [0.1, 0.15) is 6.29 Å². The van der Waals surface area contributed by atoms with Crippen molar-refractivity contribution in [3.63, 3.8) is 0 Å². The smallest absolute Gasteiger partial charge is 0.333 e. The van der Waals surface area contributed by atoms with Crippen LogP contribution < -0.4 is 0 Å². The van der Waals surface area contributed by atoms with Crippen molar-refractivity contribution >= 4 is 12.3 Å². The Morgan fingerprint density at radius 1 is 1.33 bits per heavy atom. The minimum atomic E-state index is -1.40. The zero-order valence-corrected chi connectivity index (χ0v) is 18.7. The highest BCUT2D eigenvalue weighted by atomic mass is 16.6. The minimum Gasteiger partial charge on any atom is -0.429 e. The van der Waals surface area contributed by atoms with Gasteiger partial charge >= 0.3 is 5.97 Å². The van der Waals surface area contributed by atoms with E-state index in [9.17, 15) is 19.8 Å². The van der Waals surface area contributed by atoms with Gasteiger partial charge in [-0.2, -0.15) is 0 Å². The third kappa shape index (κ3) is 6.78. The first-order valence-electron chi connectivity index (χ1n) is 10.9. The molecule has 2 atom stereocenters. The second-order valence-corrected chi connectivity index (χ2v) is 9.17. The number of allylic oxidation sites excluding steroid dienone is 5. The molecule has 1 aliphatic heterocycles. The number of hydrogen-bond donors (Lipinski definition) is 2. The zero-order chi connectivity index (χ0) is 22.3. The van der Waals surface area contributed by atoms with Crippen LogP contribution in [-0.4, -0.2) is 34.9 Å². The van der Waals surface area contributed by atoms with Crippen molar-refractivity contribution in [3.8, 4) is 0 Å². The molecule has 0 bridgehead atoms. The van der Waals surface area contributed by atoms with E-state index in [2.05, 4.69) is 38.5 Å². The van der Waals surface area contributed by atoms with E-state index in [1.807, 2.05) is 0 Å². The monoisotopic (exact) mass is 416 g/mol. The van der Waals surface area contributed by atoms with Crippen LogP contribution in [0.3, 0.4) is 0 Å². The molecule has 2 rings (SSSR count). The molecular formula is C25H36O5. The quantitative estimate of drug-likeness (QED) is 0.233. The van der Waals surface area contributed by atoms with Crippen LogP contribution in [-0.2, 0) is 14.3 Å². The molecule has 166 valence electrons. The third-order valence-corrected chi connectivity index (χ3v) is 6.32. The second-order valence-electron chi connectivity index (χ2n) is 9.17. The fourth-order valence-corrected chi connectivity index (χ4v) is 4.42. The number of aliphatic hydroxyl groups is 2. The summed E-state index contributed by atoms with van der Waals surface area (Å²) in [5.41, 5.74) is 5.53. The van der Waals surface area contributed by atoms with Gasteiger partial charge in [-0.25, -0.2) is 4.79 Å². The van der Waals surface area contributed by atoms with Crippen LogP contribution in [0.2, 0.25) is 0 Å². The van der Waals surface area contributed by atoms with E-state index in [-0.39, 0.29) is 12.0 Å². The normalized spacial score (nSPS) is 23.3. The number of rotatable bonds is 10. The first-order valence-corrected chi connectivity index (χ1v) is 10.9. The summed E-state index contributed by atoms with van der Waals surface area (Å²) in [7, 11) is 0. The van der Waals surface area contributed by atoms with E-state index in [0.29, 0.717) is 17.4 Å². The molecular weight excluding hydrogens is 380 g/mol. The maximum atomic E-state index is 11.4. The summed E-state index contributed by atoms with van der Waals surface area (Å²) in [5.74, 6) is -0.667. The van der Waals surface area contributed by atoms with Gasteiger partial charge in [0.2, 0.25) is 6.29 Å². The molecule has 0 aromatic heterocycles. The molecule has 0 aromatic carbocycles. The summed E-state index contributed by atoms with van der Waals surface area (Å²) < 4.78 is 4.57. The van der Waals surface area contributed by atoms with Gasteiger partial charge in [-0.3, -0.25) is 4.79 Å². The molecule has 30 heavy (non-hydrogen) atoms. The van der Waals surface area contributed by atoms with E-state index in [1.54, 1.807) is 17.2 Å². The molecule has 2 aliphatic rings. The summed E-state index contributed by atoms with van der Waals surface area (Å²) >= 11 is 0. The molecule has 1 heterocycles. The molecule has 1 aliphatic carbocycles. The van der Waals surface area contributed by atoms with Crippen molar-refractivity contribution in [2.24, 2.45) is 5.41 Å². The topological polar surface area (TPSA) is 83.8 Å². The summed E-state index contributed by atoms with van der Waals surface area (Å²) in [6.07, 6.45) is 10.7. The Morgan fingerprint density at radius 3 is 2.67 bits per heavy atom. The number of aliphatic hydroxyl groups excluding tert-OH is 2. The summed E-state index contributed by atoms with van der Waals surface area (Å²) in [6, 6.07) is 0. The highest BCUT2D eigenvalue weighted by Crippen LogP contribution is 2.42. The van der Waals surface area contributed by atoms with Gasteiger partial charge in [-0.1, -0.05) is 42.7 Å². The third-order valence-electron chi connectivity index (χ3n) is 6.32. The number of aldehydes is 1. The van der Waals surface area contributed by atoms with E-state index < -0.39 is 18.4 Å². The molecule has 2 unspecified atom stereocenters. The van der Waals surface area contributed by atoms with Crippen LogP contribution in [0, 0.1) is 5.41 Å².